The van der Waals surface area contributed by atoms with Crippen LogP contribution in [-0.4, -0.2) is 18.2 Å². The second-order valence-electron chi connectivity index (χ2n) is 3.80. The van der Waals surface area contributed by atoms with E-state index in [-0.39, 0.29) is 5.92 Å². The maximum Gasteiger partial charge on any atom is 0.334 e. The van der Waals surface area contributed by atoms with E-state index >= 15 is 0 Å². The number of halogens is 2. The van der Waals surface area contributed by atoms with Crippen molar-refractivity contribution < 1.29 is 21.8 Å². The van der Waals surface area contributed by atoms with Crippen LogP contribution in [0.15, 0.2) is 0 Å². The highest BCUT2D eigenvalue weighted by atomic mass is 32.2. The molecule has 0 heterocycles. The molecule has 0 aromatic carbocycles. The SMILES string of the molecule is O=S(=O)([O-])C(F)(F)CC1CCCCC1. The van der Waals surface area contributed by atoms with E-state index < -0.39 is 21.8 Å². The minimum Gasteiger partial charge on any atom is -0.743 e. The normalized spacial score (nSPS) is 21.1. The van der Waals surface area contributed by atoms with Gasteiger partial charge in [0.1, 0.15) is 0 Å². The molecule has 1 saturated carbocycles. The van der Waals surface area contributed by atoms with E-state index in [1.807, 2.05) is 0 Å². The molecular formula is C8H13F2O3S-. The van der Waals surface area contributed by atoms with E-state index in [1.165, 1.54) is 0 Å². The van der Waals surface area contributed by atoms with Gasteiger partial charge in [0.25, 0.3) is 0 Å². The standard InChI is InChI=1S/C8H14F2O3S/c9-8(10,14(11,12)13)6-7-4-2-1-3-5-7/h7H,1-6H2,(H,11,12,13)/p-1. The highest BCUT2D eigenvalue weighted by Crippen LogP contribution is 2.35. The molecule has 1 rings (SSSR count). The zero-order chi connectivity index (χ0) is 10.8. The lowest BCUT2D eigenvalue weighted by Gasteiger charge is -2.27. The van der Waals surface area contributed by atoms with Crippen LogP contribution in [0.2, 0.25) is 0 Å². The van der Waals surface area contributed by atoms with Crippen molar-refractivity contribution in [2.45, 2.75) is 43.8 Å². The first-order chi connectivity index (χ1) is 6.33. The molecular weight excluding hydrogens is 214 g/mol. The summed E-state index contributed by atoms with van der Waals surface area (Å²) in [5.74, 6) is -0.317. The summed E-state index contributed by atoms with van der Waals surface area (Å²) in [6.45, 7) is 0. The Morgan fingerprint density at radius 3 is 2.14 bits per heavy atom. The van der Waals surface area contributed by atoms with Gasteiger partial charge in [0.2, 0.25) is 0 Å². The summed E-state index contributed by atoms with van der Waals surface area (Å²) in [5, 5.41) is -4.09. The predicted octanol–water partition coefficient (Wildman–Crippen LogP) is 2.09. The van der Waals surface area contributed by atoms with Crippen molar-refractivity contribution in [1.29, 1.82) is 0 Å². The zero-order valence-corrected chi connectivity index (χ0v) is 8.53. The lowest BCUT2D eigenvalue weighted by Crippen LogP contribution is -2.31. The number of hydrogen-bond donors (Lipinski definition) is 0. The number of alkyl halides is 2. The molecule has 1 aliphatic rings. The summed E-state index contributed by atoms with van der Waals surface area (Å²) < 4.78 is 56.3. The molecule has 1 fully saturated rings. The maximum absolute atomic E-state index is 12.8. The molecule has 0 bridgehead atoms. The van der Waals surface area contributed by atoms with E-state index in [0.29, 0.717) is 12.8 Å². The van der Waals surface area contributed by atoms with Gasteiger partial charge in [-0.2, -0.15) is 8.78 Å². The van der Waals surface area contributed by atoms with Crippen LogP contribution in [0.25, 0.3) is 0 Å². The Labute approximate surface area is 82.2 Å². The maximum atomic E-state index is 12.8. The Morgan fingerprint density at radius 2 is 1.71 bits per heavy atom. The van der Waals surface area contributed by atoms with Gasteiger partial charge in [-0.25, -0.2) is 8.42 Å². The summed E-state index contributed by atoms with van der Waals surface area (Å²) in [5.41, 5.74) is 0. The molecule has 0 radical (unpaired) electrons. The molecule has 84 valence electrons. The van der Waals surface area contributed by atoms with Gasteiger partial charge in [-0.15, -0.1) is 0 Å². The Balaban J connectivity index is 2.58. The van der Waals surface area contributed by atoms with Gasteiger partial charge in [0.15, 0.2) is 10.1 Å². The fourth-order valence-corrected chi connectivity index (χ4v) is 2.27. The van der Waals surface area contributed by atoms with Crippen molar-refractivity contribution in [2.75, 3.05) is 0 Å². The van der Waals surface area contributed by atoms with E-state index in [4.69, 9.17) is 0 Å². The Bertz CT molecular complexity index is 281. The third-order valence-corrected chi connectivity index (χ3v) is 3.52. The first kappa shape index (κ1) is 11.8. The summed E-state index contributed by atoms with van der Waals surface area (Å²) in [6, 6.07) is 0. The summed E-state index contributed by atoms with van der Waals surface area (Å²) >= 11 is 0. The molecule has 0 aromatic rings. The van der Waals surface area contributed by atoms with E-state index in [9.17, 15) is 21.8 Å². The van der Waals surface area contributed by atoms with Crippen molar-refractivity contribution in [3.05, 3.63) is 0 Å². The molecule has 0 saturated heterocycles. The summed E-state index contributed by atoms with van der Waals surface area (Å²) in [6.07, 6.45) is 3.10. The van der Waals surface area contributed by atoms with Gasteiger partial charge in [-0.05, 0) is 5.92 Å². The smallest absolute Gasteiger partial charge is 0.334 e. The quantitative estimate of drug-likeness (QED) is 0.694. The number of hydrogen-bond acceptors (Lipinski definition) is 3. The van der Waals surface area contributed by atoms with Crippen molar-refractivity contribution in [3.8, 4) is 0 Å². The molecule has 6 heteroatoms. The number of rotatable bonds is 3. The minimum absolute atomic E-state index is 0.317. The van der Waals surface area contributed by atoms with Crippen LogP contribution in [0.4, 0.5) is 8.78 Å². The topological polar surface area (TPSA) is 57.2 Å². The molecule has 0 aliphatic heterocycles. The van der Waals surface area contributed by atoms with Crippen molar-refractivity contribution in [1.82, 2.24) is 0 Å². The van der Waals surface area contributed by atoms with Gasteiger partial charge in [-0.1, -0.05) is 32.1 Å². The van der Waals surface area contributed by atoms with Gasteiger partial charge in [0.05, 0.1) is 0 Å². The third-order valence-electron chi connectivity index (χ3n) is 2.62. The molecule has 0 atom stereocenters. The molecule has 14 heavy (non-hydrogen) atoms. The van der Waals surface area contributed by atoms with Gasteiger partial charge in [0, 0.05) is 6.42 Å². The van der Waals surface area contributed by atoms with Gasteiger partial charge >= 0.3 is 5.25 Å². The second-order valence-corrected chi connectivity index (χ2v) is 5.31. The lowest BCUT2D eigenvalue weighted by molar-refractivity contribution is 0.0449. The first-order valence-corrected chi connectivity index (χ1v) is 6.07. The van der Waals surface area contributed by atoms with Gasteiger partial charge < -0.3 is 4.55 Å². The van der Waals surface area contributed by atoms with E-state index in [0.717, 1.165) is 19.3 Å². The minimum atomic E-state index is -5.49. The van der Waals surface area contributed by atoms with Crippen LogP contribution in [0.5, 0.6) is 0 Å². The van der Waals surface area contributed by atoms with Crippen LogP contribution >= 0.6 is 0 Å². The van der Waals surface area contributed by atoms with Crippen LogP contribution in [0.1, 0.15) is 38.5 Å². The van der Waals surface area contributed by atoms with Crippen LogP contribution < -0.4 is 0 Å². The highest BCUT2D eigenvalue weighted by Gasteiger charge is 2.39. The Hall–Kier alpha value is -0.230. The Morgan fingerprint density at radius 1 is 1.21 bits per heavy atom. The molecule has 0 spiro atoms. The lowest BCUT2D eigenvalue weighted by atomic mass is 9.87. The molecule has 0 amide bonds. The monoisotopic (exact) mass is 227 g/mol. The molecule has 0 unspecified atom stereocenters. The second kappa shape index (κ2) is 4.10. The molecule has 0 aromatic heterocycles. The van der Waals surface area contributed by atoms with Crippen molar-refractivity contribution in [2.24, 2.45) is 5.92 Å². The highest BCUT2D eigenvalue weighted by molar-refractivity contribution is 7.86. The van der Waals surface area contributed by atoms with E-state index in [1.54, 1.807) is 0 Å². The molecule has 1 aliphatic carbocycles. The fourth-order valence-electron chi connectivity index (χ4n) is 1.83. The molecule has 0 N–H and O–H groups in total. The van der Waals surface area contributed by atoms with Crippen molar-refractivity contribution >= 4 is 10.1 Å². The fraction of sp³-hybridized carbons (Fsp3) is 1.00. The Kier molecular flexibility index (Phi) is 3.47. The van der Waals surface area contributed by atoms with Crippen LogP contribution in [0.3, 0.4) is 0 Å². The van der Waals surface area contributed by atoms with Gasteiger partial charge in [-0.3, -0.25) is 0 Å². The van der Waals surface area contributed by atoms with E-state index in [2.05, 4.69) is 0 Å². The first-order valence-electron chi connectivity index (χ1n) is 4.66. The van der Waals surface area contributed by atoms with Crippen molar-refractivity contribution in [3.63, 3.8) is 0 Å². The third kappa shape index (κ3) is 2.88. The predicted molar refractivity (Wildman–Crippen MR) is 45.8 cm³/mol. The van der Waals surface area contributed by atoms with Crippen LogP contribution in [0, 0.1) is 5.92 Å². The summed E-state index contributed by atoms with van der Waals surface area (Å²) in [4.78, 5) is 0. The zero-order valence-electron chi connectivity index (χ0n) is 7.71. The largest absolute Gasteiger partial charge is 0.743 e. The average molecular weight is 227 g/mol. The average Bonchev–Trinajstić information content (AvgIpc) is 2.03. The van der Waals surface area contributed by atoms with Crippen LogP contribution in [-0.2, 0) is 10.1 Å². The summed E-state index contributed by atoms with van der Waals surface area (Å²) in [7, 11) is -5.49. The molecule has 3 nitrogen and oxygen atoms in total.